The van der Waals surface area contributed by atoms with Crippen molar-refractivity contribution >= 4 is 5.91 Å². The Morgan fingerprint density at radius 2 is 2.11 bits per heavy atom. The highest BCUT2D eigenvalue weighted by Crippen LogP contribution is 2.31. The molecule has 4 heteroatoms. The summed E-state index contributed by atoms with van der Waals surface area (Å²) in [5.41, 5.74) is 6.93. The molecule has 18 heavy (non-hydrogen) atoms. The SMILES string of the molecule is COc1ccc(C(C)C)cc1C(O)CCC(N)=O. The number of benzene rings is 1. The number of carbonyl (C=O) groups excluding carboxylic acids is 1. The molecule has 3 N–H and O–H groups in total. The van der Waals surface area contributed by atoms with Crippen molar-refractivity contribution < 1.29 is 14.6 Å². The summed E-state index contributed by atoms with van der Waals surface area (Å²) in [6, 6.07) is 5.75. The number of carbonyl (C=O) groups is 1. The van der Waals surface area contributed by atoms with Crippen LogP contribution in [-0.4, -0.2) is 18.1 Å². The quantitative estimate of drug-likeness (QED) is 0.813. The second kappa shape index (κ2) is 6.40. The topological polar surface area (TPSA) is 72.6 Å². The number of rotatable bonds is 6. The molecule has 1 aromatic rings. The predicted octanol–water partition coefficient (Wildman–Crippen LogP) is 2.12. The highest BCUT2D eigenvalue weighted by molar-refractivity contribution is 5.73. The molecule has 1 atom stereocenters. The average Bonchev–Trinajstić information content (AvgIpc) is 2.34. The van der Waals surface area contributed by atoms with Gasteiger partial charge in [-0.2, -0.15) is 0 Å². The van der Waals surface area contributed by atoms with Crippen LogP contribution in [0.15, 0.2) is 18.2 Å². The van der Waals surface area contributed by atoms with Gasteiger partial charge in [0, 0.05) is 12.0 Å². The number of ether oxygens (including phenoxy) is 1. The van der Waals surface area contributed by atoms with Crippen LogP contribution >= 0.6 is 0 Å². The average molecular weight is 251 g/mol. The van der Waals surface area contributed by atoms with E-state index in [0.717, 1.165) is 5.56 Å². The first-order valence-corrected chi connectivity index (χ1v) is 6.10. The zero-order valence-electron chi connectivity index (χ0n) is 11.1. The van der Waals surface area contributed by atoms with E-state index in [2.05, 4.69) is 13.8 Å². The molecule has 1 rings (SSSR count). The molecule has 0 aromatic heterocycles. The first-order chi connectivity index (χ1) is 8.45. The Labute approximate surface area is 108 Å². The minimum Gasteiger partial charge on any atom is -0.496 e. The zero-order chi connectivity index (χ0) is 13.7. The van der Waals surface area contributed by atoms with Gasteiger partial charge in [-0.3, -0.25) is 4.79 Å². The molecule has 0 aliphatic rings. The summed E-state index contributed by atoms with van der Waals surface area (Å²) in [4.78, 5) is 10.7. The van der Waals surface area contributed by atoms with Gasteiger partial charge in [-0.05, 0) is 30.0 Å². The Morgan fingerprint density at radius 1 is 1.44 bits per heavy atom. The van der Waals surface area contributed by atoms with Crippen molar-refractivity contribution in [3.8, 4) is 5.75 Å². The van der Waals surface area contributed by atoms with Crippen molar-refractivity contribution in [2.75, 3.05) is 7.11 Å². The fourth-order valence-corrected chi connectivity index (χ4v) is 1.81. The first-order valence-electron chi connectivity index (χ1n) is 6.10. The maximum Gasteiger partial charge on any atom is 0.217 e. The number of methoxy groups -OCH3 is 1. The lowest BCUT2D eigenvalue weighted by Crippen LogP contribution is -2.12. The summed E-state index contributed by atoms with van der Waals surface area (Å²) in [5.74, 6) is 0.599. The molecule has 0 spiro atoms. The number of amides is 1. The van der Waals surface area contributed by atoms with Crippen LogP contribution < -0.4 is 10.5 Å². The van der Waals surface area contributed by atoms with E-state index in [0.29, 0.717) is 23.7 Å². The van der Waals surface area contributed by atoms with Crippen molar-refractivity contribution in [3.63, 3.8) is 0 Å². The number of nitrogens with two attached hydrogens (primary N) is 1. The fourth-order valence-electron chi connectivity index (χ4n) is 1.81. The van der Waals surface area contributed by atoms with Gasteiger partial charge in [-0.1, -0.05) is 19.9 Å². The molecule has 1 aromatic carbocycles. The highest BCUT2D eigenvalue weighted by Gasteiger charge is 2.15. The van der Waals surface area contributed by atoms with Gasteiger partial charge >= 0.3 is 0 Å². The minimum atomic E-state index is -0.730. The van der Waals surface area contributed by atoms with E-state index in [1.165, 1.54) is 0 Å². The Hall–Kier alpha value is -1.55. The Bertz CT molecular complexity index is 416. The van der Waals surface area contributed by atoms with Crippen molar-refractivity contribution in [1.29, 1.82) is 0 Å². The van der Waals surface area contributed by atoms with Gasteiger partial charge in [0.25, 0.3) is 0 Å². The predicted molar refractivity (Wildman–Crippen MR) is 70.5 cm³/mol. The van der Waals surface area contributed by atoms with E-state index in [4.69, 9.17) is 10.5 Å². The number of hydrogen-bond donors (Lipinski definition) is 2. The third-order valence-electron chi connectivity index (χ3n) is 2.94. The molecular formula is C14H21NO3. The third kappa shape index (κ3) is 3.74. The molecule has 1 unspecified atom stereocenters. The Kier molecular flexibility index (Phi) is 5.16. The van der Waals surface area contributed by atoms with Gasteiger partial charge < -0.3 is 15.6 Å². The van der Waals surface area contributed by atoms with E-state index in [1.54, 1.807) is 7.11 Å². The molecule has 0 aliphatic heterocycles. The van der Waals surface area contributed by atoms with E-state index in [9.17, 15) is 9.90 Å². The van der Waals surface area contributed by atoms with Gasteiger partial charge in [-0.25, -0.2) is 0 Å². The highest BCUT2D eigenvalue weighted by atomic mass is 16.5. The minimum absolute atomic E-state index is 0.163. The molecule has 0 fully saturated rings. The maximum absolute atomic E-state index is 10.7. The molecule has 1 amide bonds. The lowest BCUT2D eigenvalue weighted by atomic mass is 9.96. The normalized spacial score (nSPS) is 12.5. The number of aliphatic hydroxyl groups excluding tert-OH is 1. The molecule has 0 saturated carbocycles. The van der Waals surface area contributed by atoms with Crippen LogP contribution in [0.4, 0.5) is 0 Å². The molecule has 100 valence electrons. The van der Waals surface area contributed by atoms with E-state index in [1.807, 2.05) is 18.2 Å². The van der Waals surface area contributed by atoms with Crippen molar-refractivity contribution in [1.82, 2.24) is 0 Å². The van der Waals surface area contributed by atoms with Gasteiger partial charge in [-0.15, -0.1) is 0 Å². The summed E-state index contributed by atoms with van der Waals surface area (Å²) in [6.07, 6.45) is -0.255. The van der Waals surface area contributed by atoms with E-state index in [-0.39, 0.29) is 6.42 Å². The van der Waals surface area contributed by atoms with Crippen LogP contribution in [0.3, 0.4) is 0 Å². The molecule has 0 heterocycles. The fraction of sp³-hybridized carbons (Fsp3) is 0.500. The number of hydrogen-bond acceptors (Lipinski definition) is 3. The smallest absolute Gasteiger partial charge is 0.217 e. The maximum atomic E-state index is 10.7. The van der Waals surface area contributed by atoms with Crippen LogP contribution in [0, 0.1) is 0 Å². The Balaban J connectivity index is 2.96. The Morgan fingerprint density at radius 3 is 2.61 bits per heavy atom. The van der Waals surface area contributed by atoms with E-state index < -0.39 is 12.0 Å². The van der Waals surface area contributed by atoms with Crippen LogP contribution in [0.25, 0.3) is 0 Å². The van der Waals surface area contributed by atoms with Crippen molar-refractivity contribution in [3.05, 3.63) is 29.3 Å². The van der Waals surface area contributed by atoms with Crippen LogP contribution in [0.5, 0.6) is 5.75 Å². The summed E-state index contributed by atoms with van der Waals surface area (Å²) < 4.78 is 5.23. The molecule has 0 saturated heterocycles. The third-order valence-corrected chi connectivity index (χ3v) is 2.94. The van der Waals surface area contributed by atoms with Crippen molar-refractivity contribution in [2.24, 2.45) is 5.73 Å². The summed E-state index contributed by atoms with van der Waals surface area (Å²) in [7, 11) is 1.56. The molecular weight excluding hydrogens is 230 g/mol. The summed E-state index contributed by atoms with van der Waals surface area (Å²) in [6.45, 7) is 4.17. The monoisotopic (exact) mass is 251 g/mol. The number of primary amides is 1. The lowest BCUT2D eigenvalue weighted by molar-refractivity contribution is -0.118. The van der Waals surface area contributed by atoms with Crippen LogP contribution in [0.2, 0.25) is 0 Å². The second-order valence-corrected chi connectivity index (χ2v) is 4.68. The van der Waals surface area contributed by atoms with Gasteiger partial charge in [0.2, 0.25) is 5.91 Å². The van der Waals surface area contributed by atoms with Gasteiger partial charge in [0.05, 0.1) is 13.2 Å². The first kappa shape index (κ1) is 14.5. The van der Waals surface area contributed by atoms with Crippen LogP contribution in [-0.2, 0) is 4.79 Å². The summed E-state index contributed by atoms with van der Waals surface area (Å²) >= 11 is 0. The van der Waals surface area contributed by atoms with Crippen LogP contribution in [0.1, 0.15) is 49.8 Å². The zero-order valence-corrected chi connectivity index (χ0v) is 11.1. The molecule has 4 nitrogen and oxygen atoms in total. The number of aliphatic hydroxyl groups is 1. The largest absolute Gasteiger partial charge is 0.496 e. The molecule has 0 radical (unpaired) electrons. The standard InChI is InChI=1S/C14H21NO3/c1-9(2)10-4-6-13(18-3)11(8-10)12(16)5-7-14(15)17/h4,6,8-9,12,16H,5,7H2,1-3H3,(H2,15,17). The molecule has 0 bridgehead atoms. The summed E-state index contributed by atoms with van der Waals surface area (Å²) in [5, 5.41) is 10.1. The lowest BCUT2D eigenvalue weighted by Gasteiger charge is -2.17. The van der Waals surface area contributed by atoms with Gasteiger partial charge in [0.1, 0.15) is 5.75 Å². The van der Waals surface area contributed by atoms with Gasteiger partial charge in [0.15, 0.2) is 0 Å². The van der Waals surface area contributed by atoms with Crippen molar-refractivity contribution in [2.45, 2.75) is 38.7 Å². The second-order valence-electron chi connectivity index (χ2n) is 4.68. The molecule has 0 aliphatic carbocycles. The van der Waals surface area contributed by atoms with E-state index >= 15 is 0 Å².